The highest BCUT2D eigenvalue weighted by Crippen LogP contribution is 2.43. The maximum absolute atomic E-state index is 2.29. The summed E-state index contributed by atoms with van der Waals surface area (Å²) in [6, 6.07) is 0. The second-order valence-corrected chi connectivity index (χ2v) is 6.28. The van der Waals surface area contributed by atoms with E-state index in [2.05, 4.69) is 6.92 Å². The Morgan fingerprint density at radius 3 is 2.71 bits per heavy atom. The summed E-state index contributed by atoms with van der Waals surface area (Å²) in [6.45, 7) is 2.29. The van der Waals surface area contributed by atoms with Crippen LogP contribution in [0.4, 0.5) is 0 Å². The van der Waals surface area contributed by atoms with E-state index in [1.54, 1.807) is 0 Å². The molecule has 0 spiro atoms. The third-order valence-electron chi connectivity index (χ3n) is 0.859. The van der Waals surface area contributed by atoms with Crippen molar-refractivity contribution >= 4 is 31.4 Å². The number of hydrogen-bond acceptors (Lipinski definition) is 3. The Morgan fingerprint density at radius 2 is 2.43 bits per heavy atom. The molecule has 0 aromatic rings. The van der Waals surface area contributed by atoms with Gasteiger partial charge in [-0.3, -0.25) is 0 Å². The molecule has 0 N–H and O–H groups in total. The second-order valence-electron chi connectivity index (χ2n) is 1.59. The zero-order valence-corrected chi connectivity index (χ0v) is 6.67. The van der Waals surface area contributed by atoms with Crippen molar-refractivity contribution in [2.75, 3.05) is 5.75 Å². The summed E-state index contributed by atoms with van der Waals surface area (Å²) in [5.41, 5.74) is 0. The van der Waals surface area contributed by atoms with Gasteiger partial charge in [-0.2, -0.15) is 0 Å². The van der Waals surface area contributed by atoms with E-state index in [0.29, 0.717) is 0 Å². The first-order chi connectivity index (χ1) is 3.39. The highest BCUT2D eigenvalue weighted by atomic mass is 33.5. The monoisotopic (exact) mass is 152 g/mol. The van der Waals surface area contributed by atoms with Gasteiger partial charge in [0, 0.05) is 11.0 Å². The third kappa shape index (κ3) is 2.20. The van der Waals surface area contributed by atoms with Gasteiger partial charge in [-0.25, -0.2) is 0 Å². The van der Waals surface area contributed by atoms with Crippen molar-refractivity contribution in [1.82, 2.24) is 0 Å². The average Bonchev–Trinajstić information content (AvgIpc) is 1.69. The average molecular weight is 152 g/mol. The van der Waals surface area contributed by atoms with Crippen LogP contribution in [0.1, 0.15) is 13.3 Å². The Balaban J connectivity index is 2.12. The molecule has 1 aliphatic heterocycles. The molecule has 1 saturated heterocycles. The van der Waals surface area contributed by atoms with Crippen molar-refractivity contribution in [3.05, 3.63) is 0 Å². The molecule has 1 atom stereocenters. The fourth-order valence-electron chi connectivity index (χ4n) is 0.391. The maximum Gasteiger partial charge on any atom is 0.0139 e. The summed E-state index contributed by atoms with van der Waals surface area (Å²) in [5.74, 6) is 1.35. The standard InChI is InChI=1S/C4H8S3/c1-4-2-3-5-7-6-4/h4H,2-3H2,1H3. The van der Waals surface area contributed by atoms with Gasteiger partial charge in [0.2, 0.25) is 0 Å². The van der Waals surface area contributed by atoms with Crippen LogP contribution in [-0.2, 0) is 0 Å². The van der Waals surface area contributed by atoms with Crippen LogP contribution in [0.3, 0.4) is 0 Å². The van der Waals surface area contributed by atoms with Gasteiger partial charge in [0.25, 0.3) is 0 Å². The molecular weight excluding hydrogens is 144 g/mol. The molecule has 0 aromatic carbocycles. The van der Waals surface area contributed by atoms with Crippen LogP contribution in [0.15, 0.2) is 0 Å². The first kappa shape index (κ1) is 6.17. The molecule has 0 amide bonds. The lowest BCUT2D eigenvalue weighted by atomic mass is 10.4. The van der Waals surface area contributed by atoms with Gasteiger partial charge < -0.3 is 0 Å². The highest BCUT2D eigenvalue weighted by molar-refractivity contribution is 9.09. The molecule has 0 radical (unpaired) electrons. The minimum Gasteiger partial charge on any atom is -0.0825 e. The maximum atomic E-state index is 2.29. The van der Waals surface area contributed by atoms with Crippen LogP contribution in [0.2, 0.25) is 0 Å². The van der Waals surface area contributed by atoms with E-state index in [-0.39, 0.29) is 0 Å². The van der Waals surface area contributed by atoms with Crippen LogP contribution >= 0.6 is 31.4 Å². The Morgan fingerprint density at radius 1 is 1.57 bits per heavy atom. The Labute approximate surface area is 56.0 Å². The van der Waals surface area contributed by atoms with E-state index >= 15 is 0 Å². The molecule has 0 nitrogen and oxygen atoms in total. The molecule has 7 heavy (non-hydrogen) atoms. The van der Waals surface area contributed by atoms with Crippen LogP contribution in [0, 0.1) is 0 Å². The molecule has 0 aliphatic carbocycles. The van der Waals surface area contributed by atoms with Gasteiger partial charge in [-0.15, -0.1) is 0 Å². The predicted molar refractivity (Wildman–Crippen MR) is 41.7 cm³/mol. The van der Waals surface area contributed by atoms with E-state index in [4.69, 9.17) is 0 Å². The summed E-state index contributed by atoms with van der Waals surface area (Å²) < 4.78 is 0. The number of rotatable bonds is 0. The van der Waals surface area contributed by atoms with E-state index in [0.717, 1.165) is 5.25 Å². The molecule has 1 rings (SSSR count). The lowest BCUT2D eigenvalue weighted by Gasteiger charge is -2.13. The molecule has 0 saturated carbocycles. The fourth-order valence-corrected chi connectivity index (χ4v) is 5.13. The topological polar surface area (TPSA) is 0 Å². The largest absolute Gasteiger partial charge is 0.0825 e. The Bertz CT molecular complexity index is 48.9. The first-order valence-electron chi connectivity index (χ1n) is 2.34. The molecule has 3 heteroatoms. The quantitative estimate of drug-likeness (QED) is 0.490. The van der Waals surface area contributed by atoms with Gasteiger partial charge in [0.1, 0.15) is 0 Å². The van der Waals surface area contributed by atoms with Crippen molar-refractivity contribution in [2.45, 2.75) is 18.6 Å². The zero-order chi connectivity index (χ0) is 5.11. The lowest BCUT2D eigenvalue weighted by Crippen LogP contribution is -1.97. The second kappa shape index (κ2) is 3.15. The van der Waals surface area contributed by atoms with Gasteiger partial charge in [0.15, 0.2) is 0 Å². The molecule has 1 unspecified atom stereocenters. The minimum atomic E-state index is 0.895. The van der Waals surface area contributed by atoms with Crippen molar-refractivity contribution in [1.29, 1.82) is 0 Å². The summed E-state index contributed by atoms with van der Waals surface area (Å²) >= 11 is 0. The minimum absolute atomic E-state index is 0.895. The highest BCUT2D eigenvalue weighted by Gasteiger charge is 2.08. The summed E-state index contributed by atoms with van der Waals surface area (Å²) in [6.07, 6.45) is 1.39. The van der Waals surface area contributed by atoms with Crippen LogP contribution < -0.4 is 0 Å². The van der Waals surface area contributed by atoms with Crippen molar-refractivity contribution in [3.8, 4) is 0 Å². The number of hydrogen-bond donors (Lipinski definition) is 0. The first-order valence-corrected chi connectivity index (χ1v) is 6.06. The molecule has 1 aliphatic rings. The molecule has 1 heterocycles. The zero-order valence-electron chi connectivity index (χ0n) is 4.22. The molecule has 42 valence electrons. The van der Waals surface area contributed by atoms with Gasteiger partial charge in [0.05, 0.1) is 0 Å². The van der Waals surface area contributed by atoms with E-state index in [1.807, 2.05) is 31.4 Å². The smallest absolute Gasteiger partial charge is 0.0139 e. The van der Waals surface area contributed by atoms with Crippen LogP contribution in [0.25, 0.3) is 0 Å². The van der Waals surface area contributed by atoms with E-state index < -0.39 is 0 Å². The molecule has 0 aromatic heterocycles. The van der Waals surface area contributed by atoms with Gasteiger partial charge >= 0.3 is 0 Å². The van der Waals surface area contributed by atoms with Crippen molar-refractivity contribution in [3.63, 3.8) is 0 Å². The normalized spacial score (nSPS) is 33.0. The lowest BCUT2D eigenvalue weighted by molar-refractivity contribution is 0.924. The molecule has 1 fully saturated rings. The van der Waals surface area contributed by atoms with Crippen molar-refractivity contribution in [2.24, 2.45) is 0 Å². The Hall–Kier alpha value is 1.05. The summed E-state index contributed by atoms with van der Waals surface area (Å²) in [4.78, 5) is 0. The Kier molecular flexibility index (Phi) is 2.78. The molecular formula is C4H8S3. The summed E-state index contributed by atoms with van der Waals surface area (Å²) in [7, 11) is 5.91. The SMILES string of the molecule is CC1CCSSS1. The van der Waals surface area contributed by atoms with E-state index in [1.165, 1.54) is 12.2 Å². The summed E-state index contributed by atoms with van der Waals surface area (Å²) in [5, 5.41) is 0.895. The third-order valence-corrected chi connectivity index (χ3v) is 5.58. The predicted octanol–water partition coefficient (Wildman–Crippen LogP) is 2.81. The van der Waals surface area contributed by atoms with Gasteiger partial charge in [-0.05, 0) is 16.2 Å². The van der Waals surface area contributed by atoms with Crippen LogP contribution in [0.5, 0.6) is 0 Å². The molecule has 0 bridgehead atoms. The fraction of sp³-hybridized carbons (Fsp3) is 1.00. The van der Waals surface area contributed by atoms with Gasteiger partial charge in [-0.1, -0.05) is 28.5 Å². The van der Waals surface area contributed by atoms with Crippen molar-refractivity contribution < 1.29 is 0 Å². The van der Waals surface area contributed by atoms with E-state index in [9.17, 15) is 0 Å². The van der Waals surface area contributed by atoms with Crippen LogP contribution in [-0.4, -0.2) is 11.0 Å².